The van der Waals surface area contributed by atoms with E-state index in [4.69, 9.17) is 4.42 Å². The Labute approximate surface area is 127 Å². The van der Waals surface area contributed by atoms with Gasteiger partial charge in [-0.2, -0.15) is 0 Å². The molecule has 0 amide bonds. The van der Waals surface area contributed by atoms with E-state index in [0.717, 1.165) is 40.9 Å². The van der Waals surface area contributed by atoms with Gasteiger partial charge in [0.05, 0.1) is 6.04 Å². The summed E-state index contributed by atoms with van der Waals surface area (Å²) in [4.78, 5) is 0. The molecule has 0 aliphatic carbocycles. The van der Waals surface area contributed by atoms with Crippen molar-refractivity contribution >= 4 is 15.9 Å². The second-order valence-electron chi connectivity index (χ2n) is 4.75. The highest BCUT2D eigenvalue weighted by atomic mass is 79.9. The summed E-state index contributed by atoms with van der Waals surface area (Å²) in [5, 5.41) is 3.41. The van der Waals surface area contributed by atoms with Gasteiger partial charge < -0.3 is 9.73 Å². The van der Waals surface area contributed by atoms with Gasteiger partial charge in [-0.15, -0.1) is 0 Å². The smallest absolute Gasteiger partial charge is 0.125 e. The number of hydrogen-bond donors (Lipinski definition) is 1. The van der Waals surface area contributed by atoms with Gasteiger partial charge in [0.15, 0.2) is 0 Å². The first-order chi connectivity index (χ1) is 9.63. The molecule has 0 bridgehead atoms. The van der Waals surface area contributed by atoms with E-state index in [-0.39, 0.29) is 11.9 Å². The summed E-state index contributed by atoms with van der Waals surface area (Å²) < 4.78 is 20.2. The first-order valence-electron chi connectivity index (χ1n) is 6.92. The lowest BCUT2D eigenvalue weighted by atomic mass is 10.0. The van der Waals surface area contributed by atoms with Crippen molar-refractivity contribution in [2.45, 2.75) is 32.7 Å². The van der Waals surface area contributed by atoms with Crippen LogP contribution in [0.1, 0.15) is 43.4 Å². The van der Waals surface area contributed by atoms with Crippen LogP contribution < -0.4 is 5.32 Å². The van der Waals surface area contributed by atoms with Crippen LogP contribution in [0.25, 0.3) is 0 Å². The van der Waals surface area contributed by atoms with Crippen LogP contribution in [0.2, 0.25) is 0 Å². The highest BCUT2D eigenvalue weighted by Crippen LogP contribution is 2.27. The molecule has 1 heterocycles. The number of benzene rings is 1. The van der Waals surface area contributed by atoms with Crippen LogP contribution in [0.5, 0.6) is 0 Å². The maximum absolute atomic E-state index is 13.6. The van der Waals surface area contributed by atoms with Gasteiger partial charge in [0.1, 0.15) is 17.3 Å². The molecule has 1 atom stereocenters. The maximum Gasteiger partial charge on any atom is 0.125 e. The molecule has 1 unspecified atom stereocenters. The van der Waals surface area contributed by atoms with E-state index in [0.29, 0.717) is 0 Å². The predicted molar refractivity (Wildman–Crippen MR) is 82.3 cm³/mol. The molecule has 0 aliphatic rings. The second-order valence-corrected chi connectivity index (χ2v) is 5.66. The zero-order valence-corrected chi connectivity index (χ0v) is 13.3. The van der Waals surface area contributed by atoms with E-state index in [1.807, 2.05) is 18.2 Å². The van der Waals surface area contributed by atoms with Crippen molar-refractivity contribution in [3.8, 4) is 0 Å². The molecule has 0 fully saturated rings. The molecule has 1 aromatic carbocycles. The standard InChI is InChI=1S/C16H19BrFNO/c1-3-7-19-16(15-6-5-14(4-2)20-15)11-8-12(17)10-13(18)9-11/h5-6,8-10,16,19H,3-4,7H2,1-2H3. The fourth-order valence-corrected chi connectivity index (χ4v) is 2.64. The molecule has 2 nitrogen and oxygen atoms in total. The minimum atomic E-state index is -0.250. The average Bonchev–Trinajstić information content (AvgIpc) is 2.87. The number of nitrogens with one attached hydrogen (secondary N) is 1. The molecule has 0 spiro atoms. The van der Waals surface area contributed by atoms with Gasteiger partial charge in [-0.05, 0) is 48.9 Å². The number of halogens is 2. The number of aryl methyl sites for hydroxylation is 1. The normalized spacial score (nSPS) is 12.6. The zero-order valence-electron chi connectivity index (χ0n) is 11.7. The lowest BCUT2D eigenvalue weighted by molar-refractivity contribution is 0.421. The topological polar surface area (TPSA) is 25.2 Å². The second kappa shape index (κ2) is 7.04. The van der Waals surface area contributed by atoms with E-state index in [1.54, 1.807) is 6.07 Å². The molecule has 20 heavy (non-hydrogen) atoms. The SMILES string of the molecule is CCCNC(c1cc(F)cc(Br)c1)c1ccc(CC)o1. The summed E-state index contributed by atoms with van der Waals surface area (Å²) in [5.41, 5.74) is 0.863. The fraction of sp³-hybridized carbons (Fsp3) is 0.375. The van der Waals surface area contributed by atoms with Crippen LogP contribution in [0, 0.1) is 5.82 Å². The third-order valence-corrected chi connectivity index (χ3v) is 3.59. The molecule has 0 saturated heterocycles. The van der Waals surface area contributed by atoms with Crippen molar-refractivity contribution in [2.75, 3.05) is 6.54 Å². The van der Waals surface area contributed by atoms with Crippen molar-refractivity contribution in [3.05, 3.63) is 57.7 Å². The molecule has 2 rings (SSSR count). The first-order valence-corrected chi connectivity index (χ1v) is 7.71. The molecular weight excluding hydrogens is 321 g/mol. The first kappa shape index (κ1) is 15.3. The Morgan fingerprint density at radius 3 is 2.65 bits per heavy atom. The molecule has 0 radical (unpaired) electrons. The Kier molecular flexibility index (Phi) is 5.38. The summed E-state index contributed by atoms with van der Waals surface area (Å²) in [5.74, 6) is 1.52. The van der Waals surface area contributed by atoms with Gasteiger partial charge in [-0.1, -0.05) is 29.8 Å². The Bertz CT molecular complexity index is 547. The highest BCUT2D eigenvalue weighted by molar-refractivity contribution is 9.10. The van der Waals surface area contributed by atoms with Crippen molar-refractivity contribution < 1.29 is 8.81 Å². The van der Waals surface area contributed by atoms with E-state index >= 15 is 0 Å². The summed E-state index contributed by atoms with van der Waals surface area (Å²) in [7, 11) is 0. The van der Waals surface area contributed by atoms with E-state index in [9.17, 15) is 4.39 Å². The quantitative estimate of drug-likeness (QED) is 0.815. The Balaban J connectivity index is 2.35. The van der Waals surface area contributed by atoms with Gasteiger partial charge in [0.2, 0.25) is 0 Å². The van der Waals surface area contributed by atoms with E-state index in [2.05, 4.69) is 35.1 Å². The van der Waals surface area contributed by atoms with Crippen LogP contribution >= 0.6 is 15.9 Å². The van der Waals surface area contributed by atoms with Gasteiger partial charge in [0, 0.05) is 10.9 Å². The van der Waals surface area contributed by atoms with E-state index < -0.39 is 0 Å². The Morgan fingerprint density at radius 1 is 1.25 bits per heavy atom. The molecule has 1 aromatic heterocycles. The monoisotopic (exact) mass is 339 g/mol. The molecule has 2 aromatic rings. The number of hydrogen-bond acceptors (Lipinski definition) is 2. The third kappa shape index (κ3) is 3.70. The summed E-state index contributed by atoms with van der Waals surface area (Å²) in [6.45, 7) is 5.00. The van der Waals surface area contributed by atoms with Gasteiger partial charge in [-0.3, -0.25) is 0 Å². The lowest BCUT2D eigenvalue weighted by Gasteiger charge is -2.17. The molecule has 0 saturated carbocycles. The maximum atomic E-state index is 13.6. The number of furan rings is 1. The van der Waals surface area contributed by atoms with Crippen molar-refractivity contribution in [2.24, 2.45) is 0 Å². The largest absolute Gasteiger partial charge is 0.464 e. The molecule has 1 N–H and O–H groups in total. The van der Waals surface area contributed by atoms with Crippen LogP contribution in [0.4, 0.5) is 4.39 Å². The predicted octanol–water partition coefficient (Wildman–Crippen LogP) is 4.83. The van der Waals surface area contributed by atoms with Gasteiger partial charge in [0.25, 0.3) is 0 Å². The van der Waals surface area contributed by atoms with Crippen LogP contribution in [-0.2, 0) is 6.42 Å². The summed E-state index contributed by atoms with van der Waals surface area (Å²) in [6.07, 6.45) is 1.86. The summed E-state index contributed by atoms with van der Waals surface area (Å²) >= 11 is 3.34. The molecule has 0 aliphatic heterocycles. The molecule has 4 heteroatoms. The van der Waals surface area contributed by atoms with Crippen LogP contribution in [0.3, 0.4) is 0 Å². The van der Waals surface area contributed by atoms with Crippen molar-refractivity contribution in [1.82, 2.24) is 5.32 Å². The van der Waals surface area contributed by atoms with Gasteiger partial charge in [-0.25, -0.2) is 4.39 Å². The average molecular weight is 340 g/mol. The third-order valence-electron chi connectivity index (χ3n) is 3.13. The van der Waals surface area contributed by atoms with E-state index in [1.165, 1.54) is 6.07 Å². The summed E-state index contributed by atoms with van der Waals surface area (Å²) in [6, 6.07) is 8.74. The van der Waals surface area contributed by atoms with Gasteiger partial charge >= 0.3 is 0 Å². The highest BCUT2D eigenvalue weighted by Gasteiger charge is 2.18. The number of rotatable bonds is 6. The Hall–Kier alpha value is -1.13. The Morgan fingerprint density at radius 2 is 2.05 bits per heavy atom. The lowest BCUT2D eigenvalue weighted by Crippen LogP contribution is -2.23. The van der Waals surface area contributed by atoms with Crippen molar-refractivity contribution in [3.63, 3.8) is 0 Å². The van der Waals surface area contributed by atoms with Crippen LogP contribution in [-0.4, -0.2) is 6.54 Å². The fourth-order valence-electron chi connectivity index (χ4n) is 2.15. The molecule has 108 valence electrons. The minimum Gasteiger partial charge on any atom is -0.464 e. The van der Waals surface area contributed by atoms with Crippen molar-refractivity contribution in [1.29, 1.82) is 0 Å². The zero-order chi connectivity index (χ0) is 14.5. The molecular formula is C16H19BrFNO. The van der Waals surface area contributed by atoms with Crippen LogP contribution in [0.15, 0.2) is 39.2 Å². The minimum absolute atomic E-state index is 0.123.